The molecule has 0 unspecified atom stereocenters. The molecule has 1 N–H and O–H groups in total. The quantitative estimate of drug-likeness (QED) is 0.840. The summed E-state index contributed by atoms with van der Waals surface area (Å²) in [4.78, 5) is 25.7. The molecule has 120 valence electrons. The van der Waals surface area contributed by atoms with E-state index in [1.807, 2.05) is 0 Å². The second-order valence-electron chi connectivity index (χ2n) is 5.28. The molecule has 1 heterocycles. The third-order valence-corrected chi connectivity index (χ3v) is 5.47. The standard InChI is InChI=1S/C14H19N3O4S/c1-10-13(18)15-8-9-17(10)14(19)11-4-6-12(7-5-11)22(20,21)16(2)3/h4-7,10H,8-9H2,1-3H3,(H,15,18)/t10-/m0/s1. The number of carbonyl (C=O) groups is 2. The van der Waals surface area contributed by atoms with Crippen molar-refractivity contribution in [2.75, 3.05) is 27.2 Å². The van der Waals surface area contributed by atoms with Gasteiger partial charge in [-0.3, -0.25) is 9.59 Å². The first-order chi connectivity index (χ1) is 10.2. The number of hydrogen-bond acceptors (Lipinski definition) is 4. The number of nitrogens with one attached hydrogen (secondary N) is 1. The lowest BCUT2D eigenvalue weighted by atomic mass is 10.1. The summed E-state index contributed by atoms with van der Waals surface area (Å²) in [6, 6.07) is 5.20. The van der Waals surface area contributed by atoms with E-state index >= 15 is 0 Å². The van der Waals surface area contributed by atoms with E-state index in [4.69, 9.17) is 0 Å². The molecule has 1 saturated heterocycles. The van der Waals surface area contributed by atoms with E-state index in [0.717, 1.165) is 4.31 Å². The van der Waals surface area contributed by atoms with Crippen molar-refractivity contribution in [3.05, 3.63) is 29.8 Å². The van der Waals surface area contributed by atoms with Crippen molar-refractivity contribution in [1.82, 2.24) is 14.5 Å². The molecule has 1 aromatic rings. The molecule has 0 saturated carbocycles. The number of benzene rings is 1. The van der Waals surface area contributed by atoms with E-state index in [1.165, 1.54) is 43.3 Å². The zero-order valence-electron chi connectivity index (χ0n) is 12.7. The van der Waals surface area contributed by atoms with Crippen molar-refractivity contribution >= 4 is 21.8 Å². The molecule has 0 radical (unpaired) electrons. The molecule has 0 spiro atoms. The second-order valence-corrected chi connectivity index (χ2v) is 7.43. The van der Waals surface area contributed by atoms with Crippen LogP contribution < -0.4 is 5.32 Å². The van der Waals surface area contributed by atoms with Gasteiger partial charge in [-0.1, -0.05) is 0 Å². The number of piperazine rings is 1. The number of hydrogen-bond donors (Lipinski definition) is 1. The predicted octanol–water partition coefficient (Wildman–Crippen LogP) is -0.103. The smallest absolute Gasteiger partial charge is 0.254 e. The van der Waals surface area contributed by atoms with Gasteiger partial charge in [0.2, 0.25) is 15.9 Å². The van der Waals surface area contributed by atoms with Gasteiger partial charge in [-0.15, -0.1) is 0 Å². The molecule has 1 aliphatic heterocycles. The summed E-state index contributed by atoms with van der Waals surface area (Å²) in [6.07, 6.45) is 0. The van der Waals surface area contributed by atoms with Crippen LogP contribution >= 0.6 is 0 Å². The molecule has 0 aliphatic carbocycles. The second kappa shape index (κ2) is 6.05. The predicted molar refractivity (Wildman–Crippen MR) is 80.8 cm³/mol. The number of carbonyl (C=O) groups excluding carboxylic acids is 2. The van der Waals surface area contributed by atoms with Gasteiger partial charge in [0.25, 0.3) is 5.91 Å². The number of amides is 2. The molecule has 1 atom stereocenters. The minimum absolute atomic E-state index is 0.124. The Labute approximate surface area is 129 Å². The largest absolute Gasteiger partial charge is 0.353 e. The van der Waals surface area contributed by atoms with Gasteiger partial charge in [-0.05, 0) is 31.2 Å². The van der Waals surface area contributed by atoms with Gasteiger partial charge < -0.3 is 10.2 Å². The van der Waals surface area contributed by atoms with E-state index in [0.29, 0.717) is 18.7 Å². The normalized spacial score (nSPS) is 19.2. The van der Waals surface area contributed by atoms with Crippen LogP contribution in [0.1, 0.15) is 17.3 Å². The van der Waals surface area contributed by atoms with Crippen molar-refractivity contribution in [3.8, 4) is 0 Å². The van der Waals surface area contributed by atoms with Crippen LogP contribution in [0.3, 0.4) is 0 Å². The minimum Gasteiger partial charge on any atom is -0.353 e. The maximum absolute atomic E-state index is 12.4. The van der Waals surface area contributed by atoms with Crippen molar-refractivity contribution < 1.29 is 18.0 Å². The molecule has 7 nitrogen and oxygen atoms in total. The average molecular weight is 325 g/mol. The number of nitrogens with zero attached hydrogens (tertiary/aromatic N) is 2. The van der Waals surface area contributed by atoms with Crippen LogP contribution in [0.2, 0.25) is 0 Å². The van der Waals surface area contributed by atoms with Gasteiger partial charge >= 0.3 is 0 Å². The molecule has 1 aromatic carbocycles. The van der Waals surface area contributed by atoms with Crippen LogP contribution in [0.15, 0.2) is 29.2 Å². The summed E-state index contributed by atoms with van der Waals surface area (Å²) >= 11 is 0. The lowest BCUT2D eigenvalue weighted by molar-refractivity contribution is -0.127. The molecule has 1 aliphatic rings. The topological polar surface area (TPSA) is 86.8 Å². The fraction of sp³-hybridized carbons (Fsp3) is 0.429. The number of rotatable bonds is 3. The summed E-state index contributed by atoms with van der Waals surface area (Å²) in [5, 5.41) is 2.69. The average Bonchev–Trinajstić information content (AvgIpc) is 2.49. The first-order valence-corrected chi connectivity index (χ1v) is 8.30. The van der Waals surface area contributed by atoms with Crippen molar-refractivity contribution in [2.24, 2.45) is 0 Å². The Morgan fingerprint density at radius 2 is 1.86 bits per heavy atom. The lowest BCUT2D eigenvalue weighted by Gasteiger charge is -2.32. The maximum Gasteiger partial charge on any atom is 0.254 e. The number of sulfonamides is 1. The highest BCUT2D eigenvalue weighted by Crippen LogP contribution is 2.16. The van der Waals surface area contributed by atoms with Crippen LogP contribution in [0.4, 0.5) is 0 Å². The summed E-state index contributed by atoms with van der Waals surface area (Å²) in [5.41, 5.74) is 0.360. The van der Waals surface area contributed by atoms with Crippen LogP contribution in [0, 0.1) is 0 Å². The third-order valence-electron chi connectivity index (χ3n) is 3.64. The van der Waals surface area contributed by atoms with Crippen LogP contribution in [-0.2, 0) is 14.8 Å². The van der Waals surface area contributed by atoms with Gasteiger partial charge in [-0.2, -0.15) is 0 Å². The molecular weight excluding hydrogens is 306 g/mol. The summed E-state index contributed by atoms with van der Waals surface area (Å²) in [7, 11) is -0.626. The molecule has 0 bridgehead atoms. The van der Waals surface area contributed by atoms with E-state index in [9.17, 15) is 18.0 Å². The Kier molecular flexibility index (Phi) is 4.52. The van der Waals surface area contributed by atoms with Gasteiger partial charge in [0.15, 0.2) is 0 Å². The van der Waals surface area contributed by atoms with Gasteiger partial charge in [0.1, 0.15) is 6.04 Å². The molecule has 1 fully saturated rings. The van der Waals surface area contributed by atoms with Crippen LogP contribution in [0.5, 0.6) is 0 Å². The summed E-state index contributed by atoms with van der Waals surface area (Å²) < 4.78 is 25.1. The Morgan fingerprint density at radius 3 is 2.41 bits per heavy atom. The van der Waals surface area contributed by atoms with Crippen molar-refractivity contribution in [2.45, 2.75) is 17.9 Å². The van der Waals surface area contributed by atoms with Crippen LogP contribution in [0.25, 0.3) is 0 Å². The summed E-state index contributed by atoms with van der Waals surface area (Å²) in [6.45, 7) is 2.52. The fourth-order valence-electron chi connectivity index (χ4n) is 2.21. The molecule has 22 heavy (non-hydrogen) atoms. The Bertz CT molecular complexity index is 683. The highest BCUT2D eigenvalue weighted by atomic mass is 32.2. The molecule has 2 rings (SSSR count). The van der Waals surface area contributed by atoms with Crippen LogP contribution in [-0.4, -0.2) is 62.7 Å². The first-order valence-electron chi connectivity index (χ1n) is 6.86. The zero-order chi connectivity index (χ0) is 16.5. The maximum atomic E-state index is 12.4. The van der Waals surface area contributed by atoms with Crippen molar-refractivity contribution in [1.29, 1.82) is 0 Å². The van der Waals surface area contributed by atoms with Gasteiger partial charge in [-0.25, -0.2) is 12.7 Å². The molecule has 0 aromatic heterocycles. The molecule has 8 heteroatoms. The SMILES string of the molecule is C[C@H]1C(=O)NCCN1C(=O)c1ccc(S(=O)(=O)N(C)C)cc1. The third kappa shape index (κ3) is 2.97. The van der Waals surface area contributed by atoms with E-state index in [1.54, 1.807) is 6.92 Å². The minimum atomic E-state index is -3.52. The van der Waals surface area contributed by atoms with Crippen molar-refractivity contribution in [3.63, 3.8) is 0 Å². The highest BCUT2D eigenvalue weighted by molar-refractivity contribution is 7.89. The van der Waals surface area contributed by atoms with Gasteiger partial charge in [0.05, 0.1) is 4.90 Å². The van der Waals surface area contributed by atoms with E-state index < -0.39 is 16.1 Å². The van der Waals surface area contributed by atoms with Gasteiger partial charge in [0, 0.05) is 32.7 Å². The Morgan fingerprint density at radius 1 is 1.27 bits per heavy atom. The fourth-order valence-corrected chi connectivity index (χ4v) is 3.11. The van der Waals surface area contributed by atoms with E-state index in [2.05, 4.69) is 5.32 Å². The summed E-state index contributed by atoms with van der Waals surface area (Å²) in [5.74, 6) is -0.470. The Hall–Kier alpha value is -1.93. The first kappa shape index (κ1) is 16.4. The zero-order valence-corrected chi connectivity index (χ0v) is 13.6. The molecule has 2 amide bonds. The lowest BCUT2D eigenvalue weighted by Crippen LogP contribution is -2.55. The Balaban J connectivity index is 2.24. The van der Waals surface area contributed by atoms with E-state index in [-0.39, 0.29) is 16.7 Å². The highest BCUT2D eigenvalue weighted by Gasteiger charge is 2.30. The monoisotopic (exact) mass is 325 g/mol. The molecular formula is C14H19N3O4S.